The summed E-state index contributed by atoms with van der Waals surface area (Å²) in [4.78, 5) is 26.0. The van der Waals surface area contributed by atoms with Crippen LogP contribution in [-0.4, -0.2) is 29.1 Å². The molecular formula is C15H14BrN3O5. The fraction of sp³-hybridized carbons (Fsp3) is 0.200. The zero-order valence-electron chi connectivity index (χ0n) is 12.9. The Morgan fingerprint density at radius 2 is 2.17 bits per heavy atom. The van der Waals surface area contributed by atoms with Crippen LogP contribution >= 0.6 is 15.9 Å². The number of nitro groups is 1. The number of anilines is 2. The van der Waals surface area contributed by atoms with Gasteiger partial charge < -0.3 is 14.8 Å². The minimum atomic E-state index is -0.773. The van der Waals surface area contributed by atoms with Crippen LogP contribution in [0.2, 0.25) is 0 Å². The summed E-state index contributed by atoms with van der Waals surface area (Å²) in [6.45, 7) is 1.56. The first-order valence-corrected chi connectivity index (χ1v) is 7.61. The second-order valence-corrected chi connectivity index (χ2v) is 5.63. The molecule has 1 unspecified atom stereocenters. The molecule has 0 radical (unpaired) electrons. The van der Waals surface area contributed by atoms with Gasteiger partial charge in [-0.15, -0.1) is 0 Å². The van der Waals surface area contributed by atoms with Crippen LogP contribution in [0.4, 0.5) is 17.2 Å². The molecule has 0 aliphatic rings. The highest BCUT2D eigenvalue weighted by Crippen LogP contribution is 2.29. The normalized spacial score (nSPS) is 11.5. The molecule has 1 atom stereocenters. The SMILES string of the molecule is COC(=O)C(C)Oc1cccc(Nc2ncc(Br)cc2[N+](=O)[O-])c1. The van der Waals surface area contributed by atoms with Crippen molar-refractivity contribution in [3.8, 4) is 5.75 Å². The highest BCUT2D eigenvalue weighted by molar-refractivity contribution is 9.10. The number of aromatic nitrogens is 1. The lowest BCUT2D eigenvalue weighted by Gasteiger charge is -2.13. The summed E-state index contributed by atoms with van der Waals surface area (Å²) >= 11 is 3.15. The highest BCUT2D eigenvalue weighted by Gasteiger charge is 2.17. The number of carbonyl (C=O) groups is 1. The van der Waals surface area contributed by atoms with Gasteiger partial charge in [0.2, 0.25) is 5.82 Å². The van der Waals surface area contributed by atoms with Crippen molar-refractivity contribution in [2.75, 3.05) is 12.4 Å². The molecule has 0 fully saturated rings. The molecule has 126 valence electrons. The zero-order valence-corrected chi connectivity index (χ0v) is 14.4. The third-order valence-corrected chi connectivity index (χ3v) is 3.41. The molecule has 0 aliphatic heterocycles. The van der Waals surface area contributed by atoms with Gasteiger partial charge >= 0.3 is 11.7 Å². The fourth-order valence-corrected chi connectivity index (χ4v) is 2.19. The van der Waals surface area contributed by atoms with E-state index < -0.39 is 17.0 Å². The van der Waals surface area contributed by atoms with E-state index in [1.807, 2.05) is 0 Å². The maximum atomic E-state index is 11.4. The summed E-state index contributed by atoms with van der Waals surface area (Å²) in [6.07, 6.45) is 0.681. The monoisotopic (exact) mass is 395 g/mol. The van der Waals surface area contributed by atoms with Gasteiger partial charge in [0.25, 0.3) is 0 Å². The Hall–Kier alpha value is -2.68. The van der Waals surface area contributed by atoms with Crippen molar-refractivity contribution in [1.82, 2.24) is 4.98 Å². The Labute approximate surface area is 146 Å². The molecule has 0 saturated heterocycles. The Morgan fingerprint density at radius 3 is 2.83 bits per heavy atom. The van der Waals surface area contributed by atoms with Crippen molar-refractivity contribution < 1.29 is 19.2 Å². The smallest absolute Gasteiger partial charge is 0.346 e. The second-order valence-electron chi connectivity index (χ2n) is 4.71. The molecule has 2 aromatic rings. The first kappa shape index (κ1) is 17.7. The molecule has 2 rings (SSSR count). The van der Waals surface area contributed by atoms with E-state index in [2.05, 4.69) is 31.0 Å². The van der Waals surface area contributed by atoms with E-state index in [4.69, 9.17) is 4.74 Å². The predicted octanol–water partition coefficient (Wildman–Crippen LogP) is 3.44. The third kappa shape index (κ3) is 4.42. The molecule has 8 nitrogen and oxygen atoms in total. The molecule has 0 spiro atoms. The molecule has 1 N–H and O–H groups in total. The van der Waals surface area contributed by atoms with Gasteiger partial charge in [0, 0.05) is 28.5 Å². The molecule has 9 heteroatoms. The van der Waals surface area contributed by atoms with Crippen molar-refractivity contribution in [1.29, 1.82) is 0 Å². The van der Waals surface area contributed by atoms with Crippen LogP contribution < -0.4 is 10.1 Å². The van der Waals surface area contributed by atoms with Gasteiger partial charge in [-0.05, 0) is 35.0 Å². The van der Waals surface area contributed by atoms with Gasteiger partial charge in [0.05, 0.1) is 12.0 Å². The quantitative estimate of drug-likeness (QED) is 0.453. The molecule has 1 heterocycles. The molecular weight excluding hydrogens is 382 g/mol. The van der Waals surface area contributed by atoms with Crippen LogP contribution in [0.15, 0.2) is 41.0 Å². The van der Waals surface area contributed by atoms with Crippen LogP contribution in [0.3, 0.4) is 0 Å². The summed E-state index contributed by atoms with van der Waals surface area (Å²) in [5.74, 6) is 0.0117. The molecule has 0 aliphatic carbocycles. The number of methoxy groups -OCH3 is 1. The number of benzene rings is 1. The molecule has 0 bridgehead atoms. The summed E-state index contributed by atoms with van der Waals surface area (Å²) in [6, 6.07) is 8.01. The number of hydrogen-bond acceptors (Lipinski definition) is 7. The maximum absolute atomic E-state index is 11.4. The molecule has 0 amide bonds. The summed E-state index contributed by atoms with van der Waals surface area (Å²) in [5.41, 5.74) is 0.362. The third-order valence-electron chi connectivity index (χ3n) is 2.97. The molecule has 1 aromatic heterocycles. The van der Waals surface area contributed by atoms with E-state index in [1.54, 1.807) is 31.2 Å². The largest absolute Gasteiger partial charge is 0.479 e. The number of carbonyl (C=O) groups excluding carboxylic acids is 1. The van der Waals surface area contributed by atoms with Gasteiger partial charge in [-0.25, -0.2) is 9.78 Å². The number of nitrogens with one attached hydrogen (secondary N) is 1. The lowest BCUT2D eigenvalue weighted by Crippen LogP contribution is -2.24. The Morgan fingerprint density at radius 1 is 1.42 bits per heavy atom. The van der Waals surface area contributed by atoms with Crippen molar-refractivity contribution in [3.63, 3.8) is 0 Å². The number of rotatable bonds is 6. The Kier molecular flexibility index (Phi) is 5.69. The first-order chi connectivity index (χ1) is 11.4. The van der Waals surface area contributed by atoms with E-state index in [-0.39, 0.29) is 11.5 Å². The van der Waals surface area contributed by atoms with Crippen LogP contribution in [0.1, 0.15) is 6.92 Å². The van der Waals surface area contributed by atoms with Crippen LogP contribution in [0.5, 0.6) is 5.75 Å². The topological polar surface area (TPSA) is 104 Å². The Bertz CT molecular complexity index is 769. The standard InChI is InChI=1S/C15H14BrN3O5/c1-9(15(20)23-2)24-12-5-3-4-11(7-12)18-14-13(19(21)22)6-10(16)8-17-14/h3-9H,1-2H3,(H,17,18). The fourth-order valence-electron chi connectivity index (χ4n) is 1.87. The van der Waals surface area contributed by atoms with E-state index in [0.29, 0.717) is 15.9 Å². The lowest BCUT2D eigenvalue weighted by molar-refractivity contribution is -0.384. The predicted molar refractivity (Wildman–Crippen MR) is 90.4 cm³/mol. The average Bonchev–Trinajstić information content (AvgIpc) is 2.55. The number of halogens is 1. The van der Waals surface area contributed by atoms with Gasteiger partial charge in [0.1, 0.15) is 5.75 Å². The van der Waals surface area contributed by atoms with Crippen LogP contribution in [0.25, 0.3) is 0 Å². The highest BCUT2D eigenvalue weighted by atomic mass is 79.9. The number of pyridine rings is 1. The summed E-state index contributed by atoms with van der Waals surface area (Å²) in [5, 5.41) is 14.0. The zero-order chi connectivity index (χ0) is 17.7. The molecule has 24 heavy (non-hydrogen) atoms. The molecule has 1 aromatic carbocycles. The Balaban J connectivity index is 2.21. The second kappa shape index (κ2) is 7.73. The van der Waals surface area contributed by atoms with Gasteiger partial charge in [-0.3, -0.25) is 10.1 Å². The molecule has 0 saturated carbocycles. The first-order valence-electron chi connectivity index (χ1n) is 6.82. The summed E-state index contributed by atoms with van der Waals surface area (Å²) < 4.78 is 10.6. The summed E-state index contributed by atoms with van der Waals surface area (Å²) in [7, 11) is 1.28. The maximum Gasteiger partial charge on any atom is 0.346 e. The van der Waals surface area contributed by atoms with Gasteiger partial charge in [0.15, 0.2) is 6.10 Å². The van der Waals surface area contributed by atoms with E-state index in [0.717, 1.165) is 0 Å². The van der Waals surface area contributed by atoms with Gasteiger partial charge in [-0.2, -0.15) is 0 Å². The van der Waals surface area contributed by atoms with E-state index >= 15 is 0 Å². The van der Waals surface area contributed by atoms with E-state index in [9.17, 15) is 14.9 Å². The number of nitrogens with zero attached hydrogens (tertiary/aromatic N) is 2. The van der Waals surface area contributed by atoms with Crippen molar-refractivity contribution in [2.24, 2.45) is 0 Å². The van der Waals surface area contributed by atoms with Crippen LogP contribution in [0, 0.1) is 10.1 Å². The minimum absolute atomic E-state index is 0.0985. The van der Waals surface area contributed by atoms with Crippen molar-refractivity contribution in [2.45, 2.75) is 13.0 Å². The van der Waals surface area contributed by atoms with Crippen molar-refractivity contribution >= 4 is 39.1 Å². The number of hydrogen-bond donors (Lipinski definition) is 1. The van der Waals surface area contributed by atoms with Gasteiger partial charge in [-0.1, -0.05) is 6.07 Å². The lowest BCUT2D eigenvalue weighted by atomic mass is 10.3. The van der Waals surface area contributed by atoms with Crippen LogP contribution in [-0.2, 0) is 9.53 Å². The number of ether oxygens (including phenoxy) is 2. The van der Waals surface area contributed by atoms with E-state index in [1.165, 1.54) is 19.4 Å². The van der Waals surface area contributed by atoms with Crippen molar-refractivity contribution in [3.05, 3.63) is 51.1 Å². The minimum Gasteiger partial charge on any atom is -0.479 e. The average molecular weight is 396 g/mol. The number of esters is 1.